The van der Waals surface area contributed by atoms with Crippen LogP contribution in [-0.2, 0) is 4.74 Å². The van der Waals surface area contributed by atoms with Crippen molar-refractivity contribution in [3.8, 4) is 0 Å². The summed E-state index contributed by atoms with van der Waals surface area (Å²) in [6.45, 7) is 0.412. The Kier molecular flexibility index (Phi) is 5.05. The van der Waals surface area contributed by atoms with Crippen molar-refractivity contribution in [2.45, 2.75) is 6.04 Å². The number of aromatic nitrogens is 2. The van der Waals surface area contributed by atoms with Gasteiger partial charge in [0.15, 0.2) is 0 Å². The lowest BCUT2D eigenvalue weighted by Gasteiger charge is -2.14. The van der Waals surface area contributed by atoms with Crippen LogP contribution in [0.1, 0.15) is 0 Å². The van der Waals surface area contributed by atoms with E-state index in [9.17, 15) is 0 Å². The first-order valence-corrected chi connectivity index (χ1v) is 5.18. The maximum atomic E-state index is 8.97. The fraction of sp³-hybridized carbons (Fsp3) is 0.500. The Hall–Kier alpha value is -0.470. The van der Waals surface area contributed by atoms with Crippen LogP contribution in [0.3, 0.4) is 0 Å². The first kappa shape index (κ1) is 11.6. The molecule has 5 nitrogen and oxygen atoms in total. The van der Waals surface area contributed by atoms with Gasteiger partial charge in [-0.25, -0.2) is 9.97 Å². The smallest absolute Gasteiger partial charge is 0.223 e. The van der Waals surface area contributed by atoms with Gasteiger partial charge >= 0.3 is 0 Å². The lowest BCUT2D eigenvalue weighted by atomic mass is 10.3. The molecule has 1 rings (SSSR count). The number of halogens is 1. The summed E-state index contributed by atoms with van der Waals surface area (Å²) >= 11 is 2.13. The van der Waals surface area contributed by atoms with Crippen LogP contribution in [0.5, 0.6) is 0 Å². The number of nitrogens with one attached hydrogen (secondary N) is 1. The molecule has 0 aliphatic carbocycles. The lowest BCUT2D eigenvalue weighted by molar-refractivity contribution is 0.153. The van der Waals surface area contributed by atoms with Gasteiger partial charge in [-0.05, 0) is 22.6 Å². The van der Waals surface area contributed by atoms with Crippen LogP contribution >= 0.6 is 22.6 Å². The highest BCUT2D eigenvalue weighted by Crippen LogP contribution is 2.04. The van der Waals surface area contributed by atoms with Gasteiger partial charge in [0, 0.05) is 23.1 Å². The third-order valence-corrected chi connectivity index (χ3v) is 2.10. The van der Waals surface area contributed by atoms with Gasteiger partial charge in [-0.1, -0.05) is 0 Å². The van der Waals surface area contributed by atoms with E-state index in [4.69, 9.17) is 9.84 Å². The van der Waals surface area contributed by atoms with Crippen molar-refractivity contribution in [1.29, 1.82) is 0 Å². The third kappa shape index (κ3) is 3.72. The molecule has 1 aromatic rings. The molecule has 1 aromatic heterocycles. The van der Waals surface area contributed by atoms with Gasteiger partial charge < -0.3 is 15.2 Å². The van der Waals surface area contributed by atoms with Crippen molar-refractivity contribution >= 4 is 28.5 Å². The van der Waals surface area contributed by atoms with Gasteiger partial charge in [-0.3, -0.25) is 0 Å². The molecule has 1 heterocycles. The van der Waals surface area contributed by atoms with Gasteiger partial charge in [0.1, 0.15) is 0 Å². The van der Waals surface area contributed by atoms with Crippen LogP contribution in [0.15, 0.2) is 12.4 Å². The minimum atomic E-state index is -0.167. The molecule has 0 amide bonds. The second-order valence-corrected chi connectivity index (χ2v) is 3.95. The molecule has 0 saturated carbocycles. The minimum Gasteiger partial charge on any atom is -0.394 e. The first-order valence-electron chi connectivity index (χ1n) is 4.10. The minimum absolute atomic E-state index is 0.0107. The van der Waals surface area contributed by atoms with E-state index in [-0.39, 0.29) is 12.6 Å². The second-order valence-electron chi connectivity index (χ2n) is 2.70. The van der Waals surface area contributed by atoms with Crippen LogP contribution in [0.25, 0.3) is 0 Å². The van der Waals surface area contributed by atoms with E-state index in [1.807, 2.05) is 0 Å². The number of anilines is 1. The molecular formula is C8H12IN3O2. The molecular weight excluding hydrogens is 297 g/mol. The summed E-state index contributed by atoms with van der Waals surface area (Å²) in [5.41, 5.74) is 0. The fourth-order valence-electron chi connectivity index (χ4n) is 0.911. The number of aliphatic hydroxyl groups is 1. The van der Waals surface area contributed by atoms with E-state index in [2.05, 4.69) is 37.9 Å². The Morgan fingerprint density at radius 2 is 2.21 bits per heavy atom. The van der Waals surface area contributed by atoms with Crippen molar-refractivity contribution in [2.24, 2.45) is 0 Å². The van der Waals surface area contributed by atoms with Crippen LogP contribution in [-0.4, -0.2) is 41.4 Å². The highest BCUT2D eigenvalue weighted by molar-refractivity contribution is 14.1. The van der Waals surface area contributed by atoms with E-state index < -0.39 is 0 Å². The Morgan fingerprint density at radius 3 is 2.71 bits per heavy atom. The zero-order valence-electron chi connectivity index (χ0n) is 7.77. The van der Waals surface area contributed by atoms with Crippen LogP contribution in [0.2, 0.25) is 0 Å². The van der Waals surface area contributed by atoms with Crippen molar-refractivity contribution in [2.75, 3.05) is 25.6 Å². The molecule has 0 bridgehead atoms. The molecule has 0 aliphatic heterocycles. The van der Waals surface area contributed by atoms with E-state index in [0.29, 0.717) is 12.6 Å². The zero-order valence-corrected chi connectivity index (χ0v) is 9.93. The number of methoxy groups -OCH3 is 1. The number of rotatable bonds is 5. The summed E-state index contributed by atoms with van der Waals surface area (Å²) < 4.78 is 5.88. The molecule has 0 fully saturated rings. The third-order valence-electron chi connectivity index (χ3n) is 1.54. The summed E-state index contributed by atoms with van der Waals surface area (Å²) in [7, 11) is 1.58. The number of hydrogen-bond donors (Lipinski definition) is 2. The normalized spacial score (nSPS) is 12.5. The molecule has 14 heavy (non-hydrogen) atoms. The molecule has 6 heteroatoms. The van der Waals surface area contributed by atoms with Gasteiger partial charge in [0.05, 0.1) is 19.3 Å². The van der Waals surface area contributed by atoms with Crippen molar-refractivity contribution in [1.82, 2.24) is 9.97 Å². The average Bonchev–Trinajstić information content (AvgIpc) is 2.20. The SMILES string of the molecule is COCC(CO)Nc1ncc(I)cn1. The Balaban J connectivity index is 2.53. The van der Waals surface area contributed by atoms with Crippen molar-refractivity contribution in [3.05, 3.63) is 16.0 Å². The predicted octanol–water partition coefficient (Wildman–Crippen LogP) is 0.500. The lowest BCUT2D eigenvalue weighted by Crippen LogP contribution is -2.29. The van der Waals surface area contributed by atoms with Crippen LogP contribution < -0.4 is 5.32 Å². The maximum absolute atomic E-state index is 8.97. The Morgan fingerprint density at radius 1 is 1.57 bits per heavy atom. The van der Waals surface area contributed by atoms with Gasteiger partial charge in [-0.15, -0.1) is 0 Å². The van der Waals surface area contributed by atoms with E-state index >= 15 is 0 Å². The summed E-state index contributed by atoms with van der Waals surface area (Å²) in [4.78, 5) is 8.10. The first-order chi connectivity index (χ1) is 6.76. The molecule has 0 aromatic carbocycles. The highest BCUT2D eigenvalue weighted by Gasteiger charge is 2.07. The predicted molar refractivity (Wildman–Crippen MR) is 61.1 cm³/mol. The van der Waals surface area contributed by atoms with E-state index in [1.54, 1.807) is 19.5 Å². The summed E-state index contributed by atoms with van der Waals surface area (Å²) in [5, 5.41) is 11.9. The Bertz CT molecular complexity index is 268. The van der Waals surface area contributed by atoms with Crippen LogP contribution in [0.4, 0.5) is 5.95 Å². The zero-order chi connectivity index (χ0) is 10.4. The second kappa shape index (κ2) is 6.10. The summed E-state index contributed by atoms with van der Waals surface area (Å²) in [6, 6.07) is -0.167. The standard InChI is InChI=1S/C8H12IN3O2/c1-14-5-7(4-13)12-8-10-2-6(9)3-11-8/h2-3,7,13H,4-5H2,1H3,(H,10,11,12). The van der Waals surface area contributed by atoms with Crippen LogP contribution in [0, 0.1) is 3.57 Å². The molecule has 0 saturated heterocycles. The monoisotopic (exact) mass is 309 g/mol. The molecule has 0 aliphatic rings. The quantitative estimate of drug-likeness (QED) is 0.776. The molecule has 78 valence electrons. The highest BCUT2D eigenvalue weighted by atomic mass is 127. The van der Waals surface area contributed by atoms with Crippen molar-refractivity contribution in [3.63, 3.8) is 0 Å². The Labute approximate surface area is 96.0 Å². The molecule has 0 radical (unpaired) electrons. The number of aliphatic hydroxyl groups excluding tert-OH is 1. The molecule has 0 spiro atoms. The van der Waals surface area contributed by atoms with Crippen molar-refractivity contribution < 1.29 is 9.84 Å². The number of nitrogens with zero attached hydrogens (tertiary/aromatic N) is 2. The summed E-state index contributed by atoms with van der Waals surface area (Å²) in [5.74, 6) is 0.501. The molecule has 1 unspecified atom stereocenters. The maximum Gasteiger partial charge on any atom is 0.223 e. The van der Waals surface area contributed by atoms with Gasteiger partial charge in [0.25, 0.3) is 0 Å². The fourth-order valence-corrected chi connectivity index (χ4v) is 1.19. The number of hydrogen-bond acceptors (Lipinski definition) is 5. The van der Waals surface area contributed by atoms with E-state index in [0.717, 1.165) is 3.57 Å². The molecule has 2 N–H and O–H groups in total. The number of ether oxygens (including phenoxy) is 1. The largest absolute Gasteiger partial charge is 0.394 e. The van der Waals surface area contributed by atoms with E-state index in [1.165, 1.54) is 0 Å². The topological polar surface area (TPSA) is 67.3 Å². The molecule has 1 atom stereocenters. The van der Waals surface area contributed by atoms with Gasteiger partial charge in [-0.2, -0.15) is 0 Å². The average molecular weight is 309 g/mol. The summed E-state index contributed by atoms with van der Waals surface area (Å²) in [6.07, 6.45) is 3.41. The van der Waals surface area contributed by atoms with Gasteiger partial charge in [0.2, 0.25) is 5.95 Å².